The number of ether oxygens (including phenoxy) is 4. The van der Waals surface area contributed by atoms with Gasteiger partial charge in [-0.2, -0.15) is 0 Å². The maximum absolute atomic E-state index is 14.1. The number of methoxy groups -OCH3 is 2. The van der Waals surface area contributed by atoms with Crippen LogP contribution in [0.4, 0.5) is 28.4 Å². The van der Waals surface area contributed by atoms with Gasteiger partial charge in [-0.05, 0) is 97.8 Å². The number of hydrogen-bond donors (Lipinski definition) is 0. The summed E-state index contributed by atoms with van der Waals surface area (Å²) in [5.41, 5.74) is 8.37. The molecule has 5 aromatic carbocycles. The zero-order valence-corrected chi connectivity index (χ0v) is 42.3. The Morgan fingerprint density at radius 2 is 1.55 bits per heavy atom. The summed E-state index contributed by atoms with van der Waals surface area (Å²) in [6, 6.07) is 28.7. The van der Waals surface area contributed by atoms with Gasteiger partial charge >= 0.3 is 0 Å². The van der Waals surface area contributed by atoms with Crippen molar-refractivity contribution in [3.63, 3.8) is 0 Å². The summed E-state index contributed by atoms with van der Waals surface area (Å²) in [7, 11) is 10.7. The molecular weight excluding hydrogens is 907 g/mol. The van der Waals surface area contributed by atoms with Crippen LogP contribution in [0.3, 0.4) is 0 Å². The first-order valence-electron chi connectivity index (χ1n) is 23.5. The van der Waals surface area contributed by atoms with Crippen LogP contribution in [-0.2, 0) is 30.8 Å². The van der Waals surface area contributed by atoms with Gasteiger partial charge in [-0.1, -0.05) is 78.3 Å². The fraction of sp³-hybridized carbons (Fsp3) is 0.364. The fourth-order valence-corrected chi connectivity index (χ4v) is 11.7. The second-order valence-electron chi connectivity index (χ2n) is 18.4. The van der Waals surface area contributed by atoms with Gasteiger partial charge in [0.1, 0.15) is 13.2 Å². The minimum atomic E-state index is -0.196. The van der Waals surface area contributed by atoms with Gasteiger partial charge in [0.15, 0.2) is 29.3 Å². The van der Waals surface area contributed by atoms with Crippen LogP contribution in [0.5, 0.6) is 23.0 Å². The van der Waals surface area contributed by atoms with Crippen molar-refractivity contribution in [1.82, 2.24) is 0 Å². The molecule has 3 atom stereocenters. The Morgan fingerprint density at radius 3 is 2.22 bits per heavy atom. The fourth-order valence-electron chi connectivity index (χ4n) is 8.97. The van der Waals surface area contributed by atoms with Gasteiger partial charge in [-0.25, -0.2) is 0 Å². The molecule has 0 saturated carbocycles. The molecule has 3 aliphatic heterocycles. The van der Waals surface area contributed by atoms with Gasteiger partial charge < -0.3 is 28.7 Å². The summed E-state index contributed by atoms with van der Waals surface area (Å²) in [6.07, 6.45) is 9.35. The Labute approximate surface area is 413 Å². The predicted molar refractivity (Wildman–Crippen MR) is 282 cm³/mol. The van der Waals surface area contributed by atoms with Crippen LogP contribution < -0.4 is 33.6 Å². The molecule has 2 unspecified atom stereocenters. The first-order valence-corrected chi connectivity index (χ1v) is 25.7. The van der Waals surface area contributed by atoms with E-state index in [1.807, 2.05) is 95.7 Å². The Morgan fingerprint density at radius 1 is 0.899 bits per heavy atom. The molecule has 0 saturated heterocycles. The Hall–Kier alpha value is -6.25. The molecule has 0 aliphatic carbocycles. The molecule has 8 rings (SSSR count). The predicted octanol–water partition coefficient (Wildman–Crippen LogP) is 11.8. The molecule has 3 heterocycles. The number of fused-ring (bicyclic) bond motifs is 5. The molecule has 0 aromatic heterocycles. The second-order valence-corrected chi connectivity index (χ2v) is 21.8. The van der Waals surface area contributed by atoms with Crippen molar-refractivity contribution in [2.75, 3.05) is 43.0 Å². The van der Waals surface area contributed by atoms with Crippen LogP contribution in [0.15, 0.2) is 101 Å². The average molecular weight is 968 g/mol. The number of hydrogen-bond acceptors (Lipinski definition) is 12. The third-order valence-electron chi connectivity index (χ3n) is 12.9. The van der Waals surface area contributed by atoms with Gasteiger partial charge in [0.2, 0.25) is 5.91 Å². The number of carbonyl (C=O) groups excluding carboxylic acids is 3. The van der Waals surface area contributed by atoms with Crippen molar-refractivity contribution in [3.05, 3.63) is 124 Å². The SMILES string of the molecule is CCCC(C)SSC(C)(C)CCC(=O)N(C)c1cc(COc2cc(N=CC3Cc4ccccc4N3C)c(C=O)cc2OC)cc(COc2cc3c(cc2OC)C(=O)N2c4ccccc4C[C@H]2C=N3)c1. The monoisotopic (exact) mass is 967 g/mol. The highest BCUT2D eigenvalue weighted by Crippen LogP contribution is 2.44. The zero-order chi connectivity index (χ0) is 48.8. The number of carbonyl (C=O) groups is 3. The maximum Gasteiger partial charge on any atom is 0.261 e. The van der Waals surface area contributed by atoms with Gasteiger partial charge in [0.25, 0.3) is 5.91 Å². The normalized spacial score (nSPS) is 16.4. The topological polar surface area (TPSA) is 123 Å². The van der Waals surface area contributed by atoms with Crippen molar-refractivity contribution < 1.29 is 33.3 Å². The molecule has 360 valence electrons. The lowest BCUT2D eigenvalue weighted by molar-refractivity contribution is -0.118. The minimum absolute atomic E-state index is 0.0112. The lowest BCUT2D eigenvalue weighted by Gasteiger charge is -2.26. The van der Waals surface area contributed by atoms with Crippen LogP contribution in [0.2, 0.25) is 0 Å². The van der Waals surface area contributed by atoms with E-state index in [4.69, 9.17) is 28.9 Å². The summed E-state index contributed by atoms with van der Waals surface area (Å²) in [6.45, 7) is 9.06. The van der Waals surface area contributed by atoms with Crippen molar-refractivity contribution in [3.8, 4) is 23.0 Å². The van der Waals surface area contributed by atoms with E-state index in [2.05, 4.69) is 44.7 Å². The minimum Gasteiger partial charge on any atom is -0.493 e. The van der Waals surface area contributed by atoms with E-state index in [0.29, 0.717) is 75.7 Å². The van der Waals surface area contributed by atoms with Gasteiger partial charge in [-0.3, -0.25) is 29.3 Å². The molecule has 3 aliphatic rings. The summed E-state index contributed by atoms with van der Waals surface area (Å²) < 4.78 is 24.4. The Kier molecular flexibility index (Phi) is 15.4. The third-order valence-corrected chi connectivity index (χ3v) is 16.9. The molecule has 12 nitrogen and oxygen atoms in total. The first kappa shape index (κ1) is 49.2. The molecule has 0 radical (unpaired) electrons. The molecule has 0 fully saturated rings. The number of rotatable bonds is 20. The Bertz CT molecular complexity index is 2780. The standard InChI is InChI=1S/C55H61N5O7S2/c1-9-14-35(2)68-69-55(3,4)20-19-53(62)59(6)41-22-36(33-66-51-28-45(40(32-61)26-49(51)64-7)56-30-42-24-38-15-10-12-17-47(38)58(42)5)21-37(23-41)34-67-52-29-46-44(27-50(52)65-8)54(63)60-43(31-57-46)25-39-16-11-13-18-48(39)60/h10-13,15-18,21-23,26-32,35,42-43H,9,14,19-20,24-25,33-34H2,1-8H3/t35?,42?,43-/m0/s1. The molecular formula is C55H61N5O7S2. The molecule has 0 spiro atoms. The van der Waals surface area contributed by atoms with Crippen molar-refractivity contribution in [1.29, 1.82) is 0 Å². The lowest BCUT2D eigenvalue weighted by atomic mass is 10.1. The van der Waals surface area contributed by atoms with Gasteiger partial charge in [0.05, 0.1) is 43.2 Å². The molecule has 2 amide bonds. The highest BCUT2D eigenvalue weighted by Gasteiger charge is 2.36. The molecule has 0 N–H and O–H groups in total. The summed E-state index contributed by atoms with van der Waals surface area (Å²) in [4.78, 5) is 55.7. The van der Waals surface area contributed by atoms with Crippen LogP contribution in [0.1, 0.15) is 96.3 Å². The molecule has 0 bridgehead atoms. The number of aldehydes is 1. The number of para-hydroxylation sites is 2. The van der Waals surface area contributed by atoms with E-state index >= 15 is 0 Å². The van der Waals surface area contributed by atoms with E-state index in [-0.39, 0.29) is 41.9 Å². The smallest absolute Gasteiger partial charge is 0.261 e. The number of likely N-dealkylation sites (N-methyl/N-ethyl adjacent to an activating group) is 1. The van der Waals surface area contributed by atoms with E-state index in [0.717, 1.165) is 53.6 Å². The summed E-state index contributed by atoms with van der Waals surface area (Å²) in [5, 5.41) is 0.541. The Balaban J connectivity index is 1.05. The van der Waals surface area contributed by atoms with Gasteiger partial charge in [-0.15, -0.1) is 0 Å². The van der Waals surface area contributed by atoms with Crippen LogP contribution >= 0.6 is 21.6 Å². The largest absolute Gasteiger partial charge is 0.493 e. The third kappa shape index (κ3) is 11.1. The van der Waals surface area contributed by atoms with E-state index in [1.54, 1.807) is 48.2 Å². The van der Waals surface area contributed by atoms with Crippen LogP contribution in [0.25, 0.3) is 0 Å². The maximum atomic E-state index is 14.1. The van der Waals surface area contributed by atoms with E-state index in [9.17, 15) is 14.4 Å². The first-order chi connectivity index (χ1) is 33.3. The number of anilines is 3. The highest BCUT2D eigenvalue weighted by molar-refractivity contribution is 8.77. The van der Waals surface area contributed by atoms with E-state index < -0.39 is 0 Å². The number of nitrogens with zero attached hydrogens (tertiary/aromatic N) is 5. The van der Waals surface area contributed by atoms with E-state index in [1.165, 1.54) is 12.7 Å². The zero-order valence-electron chi connectivity index (χ0n) is 40.7. The van der Waals surface area contributed by atoms with Crippen molar-refractivity contribution in [2.24, 2.45) is 9.98 Å². The highest BCUT2D eigenvalue weighted by atomic mass is 33.1. The molecule has 14 heteroatoms. The summed E-state index contributed by atoms with van der Waals surface area (Å²) >= 11 is 0. The number of amides is 2. The van der Waals surface area contributed by atoms with Crippen LogP contribution in [-0.4, -0.2) is 80.9 Å². The van der Waals surface area contributed by atoms with Gasteiger partial charge in [0, 0.05) is 84.1 Å². The average Bonchev–Trinajstić information content (AvgIpc) is 3.86. The molecule has 69 heavy (non-hydrogen) atoms. The van der Waals surface area contributed by atoms with Crippen LogP contribution in [0, 0.1) is 0 Å². The quantitative estimate of drug-likeness (QED) is 0.0423. The number of aliphatic imine (C=N–C) groups is 2. The molecule has 5 aromatic rings. The number of benzene rings is 5. The second kappa shape index (κ2) is 21.6. The lowest BCUT2D eigenvalue weighted by Crippen LogP contribution is -2.37. The summed E-state index contributed by atoms with van der Waals surface area (Å²) in [5.74, 6) is 1.45. The van der Waals surface area contributed by atoms with Crippen molar-refractivity contribution >= 4 is 80.6 Å². The van der Waals surface area contributed by atoms with Crippen molar-refractivity contribution in [2.45, 2.75) is 102 Å².